The molecular weight excluding hydrogens is 453 g/mol. The number of benzene rings is 1. The summed E-state index contributed by atoms with van der Waals surface area (Å²) in [7, 11) is 0. The maximum atomic E-state index is 12.6. The minimum atomic E-state index is -0.124. The Morgan fingerprint density at radius 1 is 1.28 bits per heavy atom. The summed E-state index contributed by atoms with van der Waals surface area (Å²) in [6.45, 7) is 2.33. The van der Waals surface area contributed by atoms with E-state index in [2.05, 4.69) is 21.4 Å². The molecule has 1 aliphatic carbocycles. The number of nitrogens with zero attached hydrogens (tertiary/aromatic N) is 5. The number of amides is 2. The van der Waals surface area contributed by atoms with Gasteiger partial charge in [0.25, 0.3) is 0 Å². The van der Waals surface area contributed by atoms with Crippen LogP contribution in [0.25, 0.3) is 11.3 Å². The molecule has 1 aromatic heterocycles. The molecule has 0 bridgehead atoms. The van der Waals surface area contributed by atoms with E-state index in [1.165, 1.54) is 0 Å². The Hall–Kier alpha value is -2.80. The van der Waals surface area contributed by atoms with Crippen molar-refractivity contribution in [1.29, 1.82) is 5.26 Å². The topological polar surface area (TPSA) is 120 Å². The van der Waals surface area contributed by atoms with E-state index < -0.39 is 0 Å². The number of urea groups is 1. The molecular formula is C21H21Cl2N7O2. The SMILES string of the molecule is N#CCN1CC(Oc2cc(Cl)cc(Cl)c2-c2nc(N)nc3c2CN(C(=O)NC2CC2)C3)C1. The van der Waals surface area contributed by atoms with Gasteiger partial charge in [0.15, 0.2) is 0 Å². The highest BCUT2D eigenvalue weighted by Gasteiger charge is 2.34. The van der Waals surface area contributed by atoms with Crippen LogP contribution >= 0.6 is 23.2 Å². The van der Waals surface area contributed by atoms with Crippen LogP contribution in [0.2, 0.25) is 10.0 Å². The van der Waals surface area contributed by atoms with Crippen LogP contribution in [0.1, 0.15) is 24.1 Å². The molecule has 2 fully saturated rings. The third kappa shape index (κ3) is 4.13. The van der Waals surface area contributed by atoms with Crippen molar-refractivity contribution in [2.45, 2.75) is 38.1 Å². The first-order chi connectivity index (χ1) is 15.4. The molecule has 2 aromatic rings. The number of carbonyl (C=O) groups is 1. The summed E-state index contributed by atoms with van der Waals surface area (Å²) in [6.07, 6.45) is 1.93. The number of anilines is 1. The summed E-state index contributed by atoms with van der Waals surface area (Å²) in [5.41, 5.74) is 8.61. The number of nitrogen functional groups attached to an aromatic ring is 1. The Labute approximate surface area is 195 Å². The van der Waals surface area contributed by atoms with Crippen molar-refractivity contribution in [3.8, 4) is 23.1 Å². The van der Waals surface area contributed by atoms with Crippen LogP contribution in [-0.4, -0.2) is 57.6 Å². The third-order valence-electron chi connectivity index (χ3n) is 5.76. The summed E-state index contributed by atoms with van der Waals surface area (Å²) >= 11 is 12.9. The van der Waals surface area contributed by atoms with Crippen molar-refractivity contribution < 1.29 is 9.53 Å². The molecule has 32 heavy (non-hydrogen) atoms. The number of hydrogen-bond donors (Lipinski definition) is 2. The average molecular weight is 474 g/mol. The summed E-state index contributed by atoms with van der Waals surface area (Å²) < 4.78 is 6.19. The van der Waals surface area contributed by atoms with Crippen molar-refractivity contribution in [1.82, 2.24) is 25.1 Å². The van der Waals surface area contributed by atoms with Crippen molar-refractivity contribution >= 4 is 35.2 Å². The first-order valence-corrected chi connectivity index (χ1v) is 11.1. The fourth-order valence-corrected chi connectivity index (χ4v) is 4.56. The summed E-state index contributed by atoms with van der Waals surface area (Å²) in [4.78, 5) is 25.1. The molecule has 1 aromatic carbocycles. The molecule has 3 aliphatic rings. The predicted molar refractivity (Wildman–Crippen MR) is 119 cm³/mol. The highest BCUT2D eigenvalue weighted by Crippen LogP contribution is 2.43. The number of nitrogens with one attached hydrogen (secondary N) is 1. The van der Waals surface area contributed by atoms with Crippen LogP contribution in [0.3, 0.4) is 0 Å². The van der Waals surface area contributed by atoms with E-state index in [4.69, 9.17) is 38.9 Å². The van der Waals surface area contributed by atoms with Gasteiger partial charge in [-0.2, -0.15) is 5.26 Å². The van der Waals surface area contributed by atoms with Gasteiger partial charge in [0.1, 0.15) is 11.9 Å². The number of nitrogens with two attached hydrogens (primary N) is 1. The molecule has 3 N–H and O–H groups in total. The maximum absolute atomic E-state index is 12.6. The number of nitriles is 1. The monoisotopic (exact) mass is 473 g/mol. The van der Waals surface area contributed by atoms with E-state index in [0.717, 1.165) is 18.4 Å². The van der Waals surface area contributed by atoms with Crippen LogP contribution in [-0.2, 0) is 13.1 Å². The lowest BCUT2D eigenvalue weighted by molar-refractivity contribution is 0.0297. The Morgan fingerprint density at radius 2 is 2.06 bits per heavy atom. The summed E-state index contributed by atoms with van der Waals surface area (Å²) in [5.74, 6) is 0.592. The van der Waals surface area contributed by atoms with Gasteiger partial charge in [-0.3, -0.25) is 4.90 Å². The van der Waals surface area contributed by atoms with Gasteiger partial charge in [-0.15, -0.1) is 0 Å². The molecule has 11 heteroatoms. The van der Waals surface area contributed by atoms with Crippen LogP contribution in [0.15, 0.2) is 12.1 Å². The zero-order chi connectivity index (χ0) is 22.4. The molecule has 0 unspecified atom stereocenters. The van der Waals surface area contributed by atoms with Gasteiger partial charge < -0.3 is 20.7 Å². The maximum Gasteiger partial charge on any atom is 0.318 e. The minimum absolute atomic E-state index is 0.0929. The van der Waals surface area contributed by atoms with E-state index >= 15 is 0 Å². The number of carbonyl (C=O) groups excluding carboxylic acids is 1. The number of likely N-dealkylation sites (tertiary alicyclic amines) is 1. The smallest absolute Gasteiger partial charge is 0.318 e. The molecule has 9 nitrogen and oxygen atoms in total. The zero-order valence-corrected chi connectivity index (χ0v) is 18.7. The van der Waals surface area contributed by atoms with E-state index in [1.807, 2.05) is 4.90 Å². The van der Waals surface area contributed by atoms with Gasteiger partial charge in [0.05, 0.1) is 47.7 Å². The van der Waals surface area contributed by atoms with E-state index in [-0.39, 0.29) is 24.1 Å². The van der Waals surface area contributed by atoms with Gasteiger partial charge in [-0.05, 0) is 25.0 Å². The minimum Gasteiger partial charge on any atom is -0.487 e. The number of ether oxygens (including phenoxy) is 1. The highest BCUT2D eigenvalue weighted by atomic mass is 35.5. The number of hydrogen-bond acceptors (Lipinski definition) is 7. The average Bonchev–Trinajstić information content (AvgIpc) is 3.40. The lowest BCUT2D eigenvalue weighted by Crippen LogP contribution is -2.53. The van der Waals surface area contributed by atoms with Gasteiger partial charge >= 0.3 is 6.03 Å². The number of rotatable bonds is 5. The Kier molecular flexibility index (Phi) is 5.45. The number of halogens is 2. The lowest BCUT2D eigenvalue weighted by atomic mass is 10.0. The normalized spacial score (nSPS) is 18.1. The van der Waals surface area contributed by atoms with Crippen LogP contribution in [0, 0.1) is 11.3 Å². The van der Waals surface area contributed by atoms with Crippen molar-refractivity contribution in [2.24, 2.45) is 0 Å². The second-order valence-electron chi connectivity index (χ2n) is 8.29. The van der Waals surface area contributed by atoms with Crippen LogP contribution in [0.4, 0.5) is 10.7 Å². The number of fused-ring (bicyclic) bond motifs is 1. The molecule has 0 atom stereocenters. The lowest BCUT2D eigenvalue weighted by Gasteiger charge is -2.37. The largest absolute Gasteiger partial charge is 0.487 e. The quantitative estimate of drug-likeness (QED) is 0.640. The second-order valence-corrected chi connectivity index (χ2v) is 9.13. The molecule has 2 amide bonds. The Bertz CT molecular complexity index is 1130. The summed E-state index contributed by atoms with van der Waals surface area (Å²) in [6, 6.07) is 5.60. The van der Waals surface area contributed by atoms with E-state index in [1.54, 1.807) is 17.0 Å². The fourth-order valence-electron chi connectivity index (χ4n) is 4.00. The van der Waals surface area contributed by atoms with E-state index in [9.17, 15) is 4.79 Å². The standard InChI is InChI=1S/C21H21Cl2N7O2/c22-11-5-15(23)18(17(6-11)32-13-7-29(8-13)4-3-24)19-14-9-30(21(31)26-12-1-2-12)10-16(14)27-20(25)28-19/h5-6,12-13H,1-2,4,7-10H2,(H,26,31)(H2,25,27,28). The molecule has 166 valence electrons. The molecule has 0 radical (unpaired) electrons. The molecule has 2 aliphatic heterocycles. The Morgan fingerprint density at radius 3 is 2.78 bits per heavy atom. The first kappa shape index (κ1) is 21.1. The third-order valence-corrected chi connectivity index (χ3v) is 6.28. The van der Waals surface area contributed by atoms with Crippen LogP contribution < -0.4 is 15.8 Å². The van der Waals surface area contributed by atoms with Crippen molar-refractivity contribution in [3.05, 3.63) is 33.4 Å². The second kappa shape index (κ2) is 8.28. The molecule has 1 saturated carbocycles. The molecule has 1 saturated heterocycles. The summed E-state index contributed by atoms with van der Waals surface area (Å²) in [5, 5.41) is 12.7. The fraction of sp³-hybridized carbons (Fsp3) is 0.429. The van der Waals surface area contributed by atoms with Crippen LogP contribution in [0.5, 0.6) is 5.75 Å². The van der Waals surface area contributed by atoms with Gasteiger partial charge in [-0.1, -0.05) is 23.2 Å². The predicted octanol–water partition coefficient (Wildman–Crippen LogP) is 2.81. The number of aromatic nitrogens is 2. The van der Waals surface area contributed by atoms with Gasteiger partial charge in [0, 0.05) is 29.7 Å². The first-order valence-electron chi connectivity index (χ1n) is 10.4. The molecule has 3 heterocycles. The van der Waals surface area contributed by atoms with Gasteiger partial charge in [0.2, 0.25) is 5.95 Å². The van der Waals surface area contributed by atoms with Crippen molar-refractivity contribution in [3.63, 3.8) is 0 Å². The van der Waals surface area contributed by atoms with E-state index in [0.29, 0.717) is 65.5 Å². The zero-order valence-electron chi connectivity index (χ0n) is 17.1. The van der Waals surface area contributed by atoms with Gasteiger partial charge in [-0.25, -0.2) is 14.8 Å². The molecule has 5 rings (SSSR count). The Balaban J connectivity index is 1.47. The molecule has 0 spiro atoms. The van der Waals surface area contributed by atoms with Crippen molar-refractivity contribution in [2.75, 3.05) is 25.4 Å². The highest BCUT2D eigenvalue weighted by molar-refractivity contribution is 6.37.